The molecule has 0 spiro atoms. The molecule has 1 heterocycles. The zero-order chi connectivity index (χ0) is 14.8. The number of H-pyrrole nitrogens is 1. The van der Waals surface area contributed by atoms with Gasteiger partial charge in [0.25, 0.3) is 0 Å². The third-order valence-corrected chi connectivity index (χ3v) is 3.19. The van der Waals surface area contributed by atoms with Gasteiger partial charge in [0.1, 0.15) is 0 Å². The van der Waals surface area contributed by atoms with Crippen molar-refractivity contribution in [3.8, 4) is 0 Å². The number of aromatic amines is 1. The Morgan fingerprint density at radius 3 is 2.90 bits per heavy atom. The average molecular weight is 303 g/mol. The fourth-order valence-corrected chi connectivity index (χ4v) is 2.27. The molecule has 0 unspecified atom stereocenters. The predicted octanol–water partition coefficient (Wildman–Crippen LogP) is 2.96. The molecule has 2 N–H and O–H groups in total. The van der Waals surface area contributed by atoms with E-state index in [1.807, 2.05) is 6.07 Å². The highest BCUT2D eigenvalue weighted by molar-refractivity contribution is 6.30. The van der Waals surface area contributed by atoms with Gasteiger partial charge in [0, 0.05) is 16.8 Å². The van der Waals surface area contributed by atoms with Crippen LogP contribution < -0.4 is 11.1 Å². The van der Waals surface area contributed by atoms with Gasteiger partial charge >= 0.3 is 5.76 Å². The Bertz CT molecular complexity index is 866. The number of benzene rings is 2. The summed E-state index contributed by atoms with van der Waals surface area (Å²) < 4.78 is 4.94. The van der Waals surface area contributed by atoms with Gasteiger partial charge in [0.05, 0.1) is 11.9 Å². The molecule has 6 heteroatoms. The first-order valence-electron chi connectivity index (χ1n) is 6.27. The molecule has 1 aromatic heterocycles. The number of carbonyl (C=O) groups excluding carboxylic acids is 1. The number of amides is 1. The smallest absolute Gasteiger partial charge is 0.408 e. The number of nitrogens with one attached hydrogen (secondary N) is 2. The van der Waals surface area contributed by atoms with Crippen LogP contribution in [0.3, 0.4) is 0 Å². The SMILES string of the molecule is O=C(Cc1cccc(Cl)c1)Nc1ccc2[nH]c(=O)oc2c1. The van der Waals surface area contributed by atoms with Crippen LogP contribution in [0.15, 0.2) is 51.7 Å². The van der Waals surface area contributed by atoms with Crippen molar-refractivity contribution in [1.82, 2.24) is 4.98 Å². The summed E-state index contributed by atoms with van der Waals surface area (Å²) in [7, 11) is 0. The van der Waals surface area contributed by atoms with Crippen LogP contribution in [0, 0.1) is 0 Å². The van der Waals surface area contributed by atoms with Gasteiger partial charge in [0.2, 0.25) is 5.91 Å². The molecule has 5 nitrogen and oxygen atoms in total. The van der Waals surface area contributed by atoms with E-state index in [1.165, 1.54) is 0 Å². The zero-order valence-corrected chi connectivity index (χ0v) is 11.6. The van der Waals surface area contributed by atoms with Crippen LogP contribution in [0.1, 0.15) is 5.56 Å². The molecule has 106 valence electrons. The minimum absolute atomic E-state index is 0.172. The maximum Gasteiger partial charge on any atom is 0.417 e. The Morgan fingerprint density at radius 1 is 1.24 bits per heavy atom. The van der Waals surface area contributed by atoms with E-state index in [2.05, 4.69) is 10.3 Å². The molecule has 3 aromatic rings. The molecule has 3 rings (SSSR count). The first-order chi connectivity index (χ1) is 10.1. The Kier molecular flexibility index (Phi) is 3.50. The van der Waals surface area contributed by atoms with Crippen molar-refractivity contribution in [3.05, 3.63) is 63.6 Å². The van der Waals surface area contributed by atoms with Gasteiger partial charge in [-0.25, -0.2) is 4.79 Å². The fourth-order valence-electron chi connectivity index (χ4n) is 2.06. The predicted molar refractivity (Wildman–Crippen MR) is 80.6 cm³/mol. The second-order valence-electron chi connectivity index (χ2n) is 4.58. The van der Waals surface area contributed by atoms with Crippen LogP contribution >= 0.6 is 11.6 Å². The molecule has 0 aliphatic heterocycles. The van der Waals surface area contributed by atoms with Crippen LogP contribution in [0.5, 0.6) is 0 Å². The van der Waals surface area contributed by atoms with E-state index in [-0.39, 0.29) is 12.3 Å². The molecule has 0 fully saturated rings. The monoisotopic (exact) mass is 302 g/mol. The average Bonchev–Trinajstić information content (AvgIpc) is 2.78. The van der Waals surface area contributed by atoms with E-state index in [0.29, 0.717) is 21.8 Å². The van der Waals surface area contributed by atoms with Gasteiger partial charge in [-0.2, -0.15) is 0 Å². The maximum atomic E-state index is 12.0. The van der Waals surface area contributed by atoms with Crippen LogP contribution in [0.25, 0.3) is 11.1 Å². The normalized spacial score (nSPS) is 10.7. The second kappa shape index (κ2) is 5.46. The van der Waals surface area contributed by atoms with E-state index < -0.39 is 5.76 Å². The molecule has 0 atom stereocenters. The quantitative estimate of drug-likeness (QED) is 0.781. The summed E-state index contributed by atoms with van der Waals surface area (Å²) >= 11 is 5.88. The van der Waals surface area contributed by atoms with Crippen molar-refractivity contribution in [3.63, 3.8) is 0 Å². The van der Waals surface area contributed by atoms with E-state index in [9.17, 15) is 9.59 Å². The van der Waals surface area contributed by atoms with E-state index in [4.69, 9.17) is 16.0 Å². The number of carbonyl (C=O) groups is 1. The van der Waals surface area contributed by atoms with E-state index in [1.54, 1.807) is 36.4 Å². The van der Waals surface area contributed by atoms with Crippen molar-refractivity contribution in [2.75, 3.05) is 5.32 Å². The number of oxazole rings is 1. The minimum Gasteiger partial charge on any atom is -0.408 e. The number of hydrogen-bond donors (Lipinski definition) is 2. The zero-order valence-electron chi connectivity index (χ0n) is 10.9. The Balaban J connectivity index is 1.75. The molecule has 0 saturated carbocycles. The van der Waals surface area contributed by atoms with Gasteiger partial charge in [-0.05, 0) is 29.8 Å². The molecule has 2 aromatic carbocycles. The summed E-state index contributed by atoms with van der Waals surface area (Å²) in [5, 5.41) is 3.35. The number of rotatable bonds is 3. The number of hydrogen-bond acceptors (Lipinski definition) is 3. The number of anilines is 1. The van der Waals surface area contributed by atoms with Gasteiger partial charge < -0.3 is 9.73 Å². The summed E-state index contributed by atoms with van der Waals surface area (Å²) in [6.07, 6.45) is 0.218. The Morgan fingerprint density at radius 2 is 2.10 bits per heavy atom. The lowest BCUT2D eigenvalue weighted by Crippen LogP contribution is -2.14. The summed E-state index contributed by atoms with van der Waals surface area (Å²) in [5.74, 6) is -0.693. The standard InChI is InChI=1S/C15H11ClN2O3/c16-10-3-1-2-9(6-10)7-14(19)17-11-4-5-12-13(8-11)21-15(20)18-12/h1-6,8H,7H2,(H,17,19)(H,18,20). The van der Waals surface area contributed by atoms with Crippen LogP contribution in [-0.2, 0) is 11.2 Å². The largest absolute Gasteiger partial charge is 0.417 e. The van der Waals surface area contributed by atoms with Gasteiger partial charge in [0.15, 0.2) is 5.58 Å². The van der Waals surface area contributed by atoms with Crippen LogP contribution in [-0.4, -0.2) is 10.9 Å². The molecule has 0 saturated heterocycles. The van der Waals surface area contributed by atoms with Crippen molar-refractivity contribution < 1.29 is 9.21 Å². The first-order valence-corrected chi connectivity index (χ1v) is 6.65. The van der Waals surface area contributed by atoms with Crippen molar-refractivity contribution >= 4 is 34.3 Å². The topological polar surface area (TPSA) is 75.1 Å². The summed E-state index contributed by atoms with van der Waals surface area (Å²) in [6, 6.07) is 12.1. The number of halogens is 1. The second-order valence-corrected chi connectivity index (χ2v) is 5.02. The van der Waals surface area contributed by atoms with Crippen molar-refractivity contribution in [2.45, 2.75) is 6.42 Å². The van der Waals surface area contributed by atoms with Crippen molar-refractivity contribution in [2.24, 2.45) is 0 Å². The Hall–Kier alpha value is -2.53. The summed E-state index contributed by atoms with van der Waals surface area (Å²) in [5.41, 5.74) is 2.39. The molecule has 0 bridgehead atoms. The molecule has 1 amide bonds. The molecular formula is C15H11ClN2O3. The highest BCUT2D eigenvalue weighted by atomic mass is 35.5. The number of fused-ring (bicyclic) bond motifs is 1. The van der Waals surface area contributed by atoms with Crippen LogP contribution in [0.4, 0.5) is 5.69 Å². The summed E-state index contributed by atoms with van der Waals surface area (Å²) in [6.45, 7) is 0. The van der Waals surface area contributed by atoms with Gasteiger partial charge in [-0.15, -0.1) is 0 Å². The van der Waals surface area contributed by atoms with Gasteiger partial charge in [-0.1, -0.05) is 23.7 Å². The third-order valence-electron chi connectivity index (χ3n) is 2.96. The minimum atomic E-state index is -0.521. The van der Waals surface area contributed by atoms with Crippen molar-refractivity contribution in [1.29, 1.82) is 0 Å². The molecular weight excluding hydrogens is 292 g/mol. The lowest BCUT2D eigenvalue weighted by molar-refractivity contribution is -0.115. The van der Waals surface area contributed by atoms with Crippen LogP contribution in [0.2, 0.25) is 5.02 Å². The lowest BCUT2D eigenvalue weighted by atomic mass is 10.1. The Labute approximate surface area is 124 Å². The molecule has 0 radical (unpaired) electrons. The maximum absolute atomic E-state index is 12.0. The summed E-state index contributed by atoms with van der Waals surface area (Å²) in [4.78, 5) is 25.6. The molecule has 0 aliphatic rings. The van der Waals surface area contributed by atoms with E-state index in [0.717, 1.165) is 5.56 Å². The highest BCUT2D eigenvalue weighted by Gasteiger charge is 2.07. The number of aromatic nitrogens is 1. The van der Waals surface area contributed by atoms with E-state index >= 15 is 0 Å². The molecule has 0 aliphatic carbocycles. The molecule has 21 heavy (non-hydrogen) atoms. The lowest BCUT2D eigenvalue weighted by Gasteiger charge is -2.05. The first kappa shape index (κ1) is 13.5. The fraction of sp³-hybridized carbons (Fsp3) is 0.0667. The highest BCUT2D eigenvalue weighted by Crippen LogP contribution is 2.17. The third kappa shape index (κ3) is 3.14. The van der Waals surface area contributed by atoms with Gasteiger partial charge in [-0.3, -0.25) is 9.78 Å².